The third-order valence-corrected chi connectivity index (χ3v) is 4.16. The number of carboxylic acid groups (broad SMARTS) is 1. The van der Waals surface area contributed by atoms with Gasteiger partial charge in [0, 0.05) is 17.3 Å². The average molecular weight is 311 g/mol. The molecular formula is C15H19ClN2O3. The van der Waals surface area contributed by atoms with Crippen molar-refractivity contribution in [3.05, 3.63) is 29.3 Å². The molecule has 5 nitrogen and oxygen atoms in total. The lowest BCUT2D eigenvalue weighted by Crippen LogP contribution is -2.47. The Morgan fingerprint density at radius 2 is 1.95 bits per heavy atom. The Labute approximate surface area is 128 Å². The van der Waals surface area contributed by atoms with E-state index in [1.54, 1.807) is 24.3 Å². The Morgan fingerprint density at radius 1 is 1.33 bits per heavy atom. The Bertz CT molecular complexity index is 526. The molecule has 2 amide bonds. The van der Waals surface area contributed by atoms with Crippen LogP contribution in [-0.2, 0) is 4.79 Å². The van der Waals surface area contributed by atoms with Gasteiger partial charge in [0.05, 0.1) is 0 Å². The molecule has 1 aromatic carbocycles. The van der Waals surface area contributed by atoms with Crippen molar-refractivity contribution >= 4 is 29.3 Å². The van der Waals surface area contributed by atoms with Crippen molar-refractivity contribution < 1.29 is 14.7 Å². The van der Waals surface area contributed by atoms with Gasteiger partial charge in [0.2, 0.25) is 0 Å². The predicted molar refractivity (Wildman–Crippen MR) is 81.8 cm³/mol. The number of nitrogens with one attached hydrogen (secondary N) is 1. The minimum Gasteiger partial charge on any atom is -0.480 e. The summed E-state index contributed by atoms with van der Waals surface area (Å²) >= 11 is 5.81. The van der Waals surface area contributed by atoms with Crippen LogP contribution in [0.1, 0.15) is 26.2 Å². The molecule has 2 N–H and O–H groups in total. The van der Waals surface area contributed by atoms with E-state index in [-0.39, 0.29) is 12.0 Å². The fourth-order valence-electron chi connectivity index (χ4n) is 2.38. The molecule has 0 radical (unpaired) electrons. The number of hydrogen-bond donors (Lipinski definition) is 2. The topological polar surface area (TPSA) is 69.6 Å². The Hall–Kier alpha value is -1.75. The number of urea groups is 1. The van der Waals surface area contributed by atoms with Gasteiger partial charge in [0.15, 0.2) is 0 Å². The van der Waals surface area contributed by atoms with E-state index in [1.807, 2.05) is 0 Å². The first kappa shape index (κ1) is 15.6. The van der Waals surface area contributed by atoms with Crippen LogP contribution in [0.15, 0.2) is 24.3 Å². The maximum absolute atomic E-state index is 12.3. The molecule has 1 aromatic rings. The van der Waals surface area contributed by atoms with Crippen LogP contribution < -0.4 is 10.2 Å². The molecule has 0 spiro atoms. The lowest BCUT2D eigenvalue weighted by Gasteiger charge is -2.38. The summed E-state index contributed by atoms with van der Waals surface area (Å²) in [5, 5.41) is 12.4. The highest BCUT2D eigenvalue weighted by molar-refractivity contribution is 6.30. The summed E-state index contributed by atoms with van der Waals surface area (Å²) in [5.74, 6) is -1.06. The van der Waals surface area contributed by atoms with Crippen molar-refractivity contribution in [2.45, 2.75) is 26.2 Å². The number of rotatable bonds is 5. The number of halogens is 1. The lowest BCUT2D eigenvalue weighted by molar-refractivity contribution is -0.135. The third kappa shape index (κ3) is 4.11. The van der Waals surface area contributed by atoms with Gasteiger partial charge < -0.3 is 10.4 Å². The summed E-state index contributed by atoms with van der Waals surface area (Å²) in [5.41, 5.74) is 0.655. The molecule has 0 bridgehead atoms. The number of benzene rings is 1. The van der Waals surface area contributed by atoms with Crippen molar-refractivity contribution in [3.8, 4) is 0 Å². The molecule has 1 fully saturated rings. The van der Waals surface area contributed by atoms with Crippen molar-refractivity contribution in [1.29, 1.82) is 0 Å². The van der Waals surface area contributed by atoms with E-state index < -0.39 is 12.0 Å². The Balaban J connectivity index is 2.05. The van der Waals surface area contributed by atoms with Crippen LogP contribution in [0.5, 0.6) is 0 Å². The quantitative estimate of drug-likeness (QED) is 0.878. The van der Waals surface area contributed by atoms with Crippen LogP contribution >= 0.6 is 11.6 Å². The van der Waals surface area contributed by atoms with E-state index in [9.17, 15) is 9.59 Å². The van der Waals surface area contributed by atoms with Crippen LogP contribution in [0.4, 0.5) is 10.5 Å². The van der Waals surface area contributed by atoms with Gasteiger partial charge >= 0.3 is 12.0 Å². The average Bonchev–Trinajstić information content (AvgIpc) is 2.41. The van der Waals surface area contributed by atoms with E-state index in [0.29, 0.717) is 17.3 Å². The number of carboxylic acids is 1. The number of amides is 2. The Morgan fingerprint density at radius 3 is 2.43 bits per heavy atom. The zero-order chi connectivity index (χ0) is 15.5. The zero-order valence-electron chi connectivity index (χ0n) is 11.9. The van der Waals surface area contributed by atoms with Gasteiger partial charge in [-0.15, -0.1) is 0 Å². The largest absolute Gasteiger partial charge is 0.480 e. The van der Waals surface area contributed by atoms with Crippen molar-refractivity contribution in [2.75, 3.05) is 18.0 Å². The van der Waals surface area contributed by atoms with Crippen LogP contribution in [0, 0.1) is 5.41 Å². The smallest absolute Gasteiger partial charge is 0.323 e. The van der Waals surface area contributed by atoms with Crippen molar-refractivity contribution in [2.24, 2.45) is 5.41 Å². The van der Waals surface area contributed by atoms with Gasteiger partial charge in [-0.2, -0.15) is 0 Å². The highest BCUT2D eigenvalue weighted by Crippen LogP contribution is 2.39. The van der Waals surface area contributed by atoms with Crippen LogP contribution in [-0.4, -0.2) is 30.2 Å². The molecule has 0 aromatic heterocycles. The summed E-state index contributed by atoms with van der Waals surface area (Å²) in [6.45, 7) is 2.31. The minimum absolute atomic E-state index is 0.143. The first-order chi connectivity index (χ1) is 9.89. The number of nitrogens with zero attached hydrogens (tertiary/aromatic N) is 1. The maximum Gasteiger partial charge on any atom is 0.323 e. The van der Waals surface area contributed by atoms with E-state index >= 15 is 0 Å². The van der Waals surface area contributed by atoms with Gasteiger partial charge in [0.25, 0.3) is 0 Å². The molecule has 2 rings (SSSR count). The molecule has 0 unspecified atom stereocenters. The molecule has 114 valence electrons. The lowest BCUT2D eigenvalue weighted by atomic mass is 9.70. The normalized spacial score (nSPS) is 15.9. The highest BCUT2D eigenvalue weighted by Gasteiger charge is 2.32. The first-order valence-electron chi connectivity index (χ1n) is 6.92. The molecule has 1 aliphatic rings. The van der Waals surface area contributed by atoms with E-state index in [0.717, 1.165) is 12.8 Å². The van der Waals surface area contributed by atoms with Gasteiger partial charge in [-0.05, 0) is 42.5 Å². The van der Waals surface area contributed by atoms with Crippen molar-refractivity contribution in [3.63, 3.8) is 0 Å². The monoisotopic (exact) mass is 310 g/mol. The molecule has 0 saturated heterocycles. The number of anilines is 1. The van der Waals surface area contributed by atoms with E-state index in [1.165, 1.54) is 11.3 Å². The number of hydrogen-bond acceptors (Lipinski definition) is 2. The summed E-state index contributed by atoms with van der Waals surface area (Å²) in [4.78, 5) is 24.5. The van der Waals surface area contributed by atoms with E-state index in [4.69, 9.17) is 16.7 Å². The summed E-state index contributed by atoms with van der Waals surface area (Å²) < 4.78 is 0. The maximum atomic E-state index is 12.3. The fraction of sp³-hybridized carbons (Fsp3) is 0.467. The molecule has 0 aliphatic heterocycles. The molecule has 21 heavy (non-hydrogen) atoms. The van der Waals surface area contributed by atoms with Gasteiger partial charge in [-0.3, -0.25) is 9.69 Å². The van der Waals surface area contributed by atoms with Gasteiger partial charge in [0.1, 0.15) is 6.54 Å². The van der Waals surface area contributed by atoms with Crippen LogP contribution in [0.2, 0.25) is 5.02 Å². The predicted octanol–water partition coefficient (Wildman–Crippen LogP) is 3.13. The van der Waals surface area contributed by atoms with Crippen LogP contribution in [0.3, 0.4) is 0 Å². The third-order valence-electron chi connectivity index (χ3n) is 3.90. The summed E-state index contributed by atoms with van der Waals surface area (Å²) in [6.07, 6.45) is 3.36. The Kier molecular flexibility index (Phi) is 4.73. The molecule has 6 heteroatoms. The molecule has 0 atom stereocenters. The van der Waals surface area contributed by atoms with Gasteiger partial charge in [-0.1, -0.05) is 24.9 Å². The highest BCUT2D eigenvalue weighted by atomic mass is 35.5. The van der Waals surface area contributed by atoms with Crippen molar-refractivity contribution in [1.82, 2.24) is 5.32 Å². The second-order valence-corrected chi connectivity index (χ2v) is 6.22. The van der Waals surface area contributed by atoms with Gasteiger partial charge in [-0.25, -0.2) is 4.79 Å². The summed E-state index contributed by atoms with van der Waals surface area (Å²) in [6, 6.07) is 6.14. The first-order valence-corrected chi connectivity index (χ1v) is 7.30. The number of carbonyl (C=O) groups excluding carboxylic acids is 1. The standard InChI is InChI=1S/C15H19ClN2O3/c1-15(7-2-8-15)10-17-14(21)18(9-13(19)20)12-5-3-11(16)4-6-12/h3-6H,2,7-10H2,1H3,(H,17,21)(H,19,20). The number of carbonyl (C=O) groups is 2. The molecule has 1 saturated carbocycles. The second-order valence-electron chi connectivity index (χ2n) is 5.78. The molecule has 1 aliphatic carbocycles. The summed E-state index contributed by atoms with van der Waals surface area (Å²) in [7, 11) is 0. The number of aliphatic carboxylic acids is 1. The second kappa shape index (κ2) is 6.35. The SMILES string of the molecule is CC1(CNC(=O)N(CC(=O)O)c2ccc(Cl)cc2)CCC1. The fourth-order valence-corrected chi connectivity index (χ4v) is 2.50. The molecular weight excluding hydrogens is 292 g/mol. The van der Waals surface area contributed by atoms with Crippen LogP contribution in [0.25, 0.3) is 0 Å². The molecule has 0 heterocycles. The minimum atomic E-state index is -1.06. The van der Waals surface area contributed by atoms with E-state index in [2.05, 4.69) is 12.2 Å². The zero-order valence-corrected chi connectivity index (χ0v) is 12.7.